The van der Waals surface area contributed by atoms with Crippen molar-refractivity contribution in [3.05, 3.63) is 65.5 Å². The van der Waals surface area contributed by atoms with Crippen LogP contribution >= 0.6 is 0 Å². The fourth-order valence-electron chi connectivity index (χ4n) is 5.28. The Kier molecular flexibility index (Phi) is 2.51. The number of ketones is 1. The molecule has 3 aliphatic heterocycles. The van der Waals surface area contributed by atoms with Gasteiger partial charge in [-0.3, -0.25) is 9.36 Å². The van der Waals surface area contributed by atoms with Crippen LogP contribution in [0.1, 0.15) is 35.6 Å². The molecule has 0 saturated heterocycles. The molecule has 4 aromatic rings. The van der Waals surface area contributed by atoms with Crippen LogP contribution < -0.4 is 21.1 Å². The zero-order chi connectivity index (χ0) is 19.7. The first-order chi connectivity index (χ1) is 13.9. The normalized spacial score (nSPS) is 15.0. The highest BCUT2D eigenvalue weighted by molar-refractivity contribution is 7.01. The van der Waals surface area contributed by atoms with E-state index >= 15 is 0 Å². The van der Waals surface area contributed by atoms with Crippen molar-refractivity contribution < 1.29 is 9.53 Å². The molecule has 4 nitrogen and oxygen atoms in total. The zero-order valence-electron chi connectivity index (χ0n) is 16.0. The van der Waals surface area contributed by atoms with Crippen molar-refractivity contribution in [3.8, 4) is 17.2 Å². The fraction of sp³-hybridized carbons (Fsp3) is 0.130. The van der Waals surface area contributed by atoms with E-state index in [0.29, 0.717) is 0 Å². The summed E-state index contributed by atoms with van der Waals surface area (Å²) in [5.41, 5.74) is 7.45. The summed E-state index contributed by atoms with van der Waals surface area (Å²) in [7, 11) is 6.52. The highest BCUT2D eigenvalue weighted by atomic mass is 16.5. The monoisotopic (exact) mass is 372 g/mol. The highest BCUT2D eigenvalue weighted by Crippen LogP contribution is 2.37. The summed E-state index contributed by atoms with van der Waals surface area (Å²) in [6.07, 6.45) is 0. The van der Waals surface area contributed by atoms with Crippen molar-refractivity contribution >= 4 is 47.8 Å². The van der Waals surface area contributed by atoms with Crippen LogP contribution in [0.3, 0.4) is 0 Å². The molecule has 134 valence electrons. The number of carbonyl (C=O) groups is 1. The third-order valence-electron chi connectivity index (χ3n) is 6.36. The average Bonchev–Trinajstić information content (AvgIpc) is 3.10. The van der Waals surface area contributed by atoms with Crippen LogP contribution in [0, 0.1) is 0 Å². The van der Waals surface area contributed by atoms with E-state index < -0.39 is 5.31 Å². The van der Waals surface area contributed by atoms with E-state index in [9.17, 15) is 4.79 Å². The molecule has 0 unspecified atom stereocenters. The molecule has 2 radical (unpaired) electrons. The van der Waals surface area contributed by atoms with E-state index in [2.05, 4.69) is 10.6 Å². The van der Waals surface area contributed by atoms with Gasteiger partial charge in [-0.2, -0.15) is 0 Å². The average molecular weight is 372 g/mol. The van der Waals surface area contributed by atoms with Gasteiger partial charge in [-0.15, -0.1) is 0 Å². The lowest BCUT2D eigenvalue weighted by Gasteiger charge is -2.37. The van der Waals surface area contributed by atoms with Gasteiger partial charge >= 0.3 is 0 Å². The molecule has 3 aromatic carbocycles. The van der Waals surface area contributed by atoms with Crippen LogP contribution in [0.15, 0.2) is 48.5 Å². The number of rotatable bonds is 1. The quantitative estimate of drug-likeness (QED) is 0.414. The minimum atomic E-state index is -0.640. The molecule has 0 aliphatic carbocycles. The number of aromatic nitrogens is 2. The van der Waals surface area contributed by atoms with Gasteiger partial charge in [0.2, 0.25) is 0 Å². The number of hydrogen-bond donors (Lipinski definition) is 0. The third-order valence-corrected chi connectivity index (χ3v) is 6.36. The Balaban J connectivity index is 1.76. The lowest BCUT2D eigenvalue weighted by molar-refractivity contribution is 0.104. The smallest absolute Gasteiger partial charge is 0.258 e. The van der Waals surface area contributed by atoms with Crippen molar-refractivity contribution in [2.75, 3.05) is 0 Å². The van der Waals surface area contributed by atoms with E-state index in [1.54, 1.807) is 0 Å². The van der Waals surface area contributed by atoms with Gasteiger partial charge in [0.25, 0.3) is 6.71 Å². The predicted molar refractivity (Wildman–Crippen MR) is 114 cm³/mol. The number of carbonyl (C=O) groups excluding carboxylic acids is 1. The van der Waals surface area contributed by atoms with Crippen LogP contribution in [-0.2, 0) is 5.31 Å². The molecule has 0 amide bonds. The molecular weight excluding hydrogens is 358 g/mol. The Morgan fingerprint density at radius 1 is 0.966 bits per heavy atom. The van der Waals surface area contributed by atoms with E-state index in [4.69, 9.17) is 17.6 Å². The number of hydrogen-bond acceptors (Lipinski definition) is 3. The molecule has 4 heterocycles. The first kappa shape index (κ1) is 15.6. The van der Waals surface area contributed by atoms with Crippen molar-refractivity contribution in [2.24, 2.45) is 0 Å². The first-order valence-corrected chi connectivity index (χ1v) is 9.78. The molecule has 7 rings (SSSR count). The van der Waals surface area contributed by atoms with Gasteiger partial charge in [-0.05, 0) is 52.0 Å². The Hall–Kier alpha value is -3.27. The summed E-state index contributed by atoms with van der Waals surface area (Å²) in [6.45, 7) is 3.89. The summed E-state index contributed by atoms with van der Waals surface area (Å²) in [4.78, 5) is 18.3. The van der Waals surface area contributed by atoms with Crippen molar-refractivity contribution in [3.63, 3.8) is 0 Å². The van der Waals surface area contributed by atoms with Crippen LogP contribution in [0.25, 0.3) is 16.7 Å². The fourth-order valence-corrected chi connectivity index (χ4v) is 5.28. The van der Waals surface area contributed by atoms with Gasteiger partial charge in [-0.1, -0.05) is 32.0 Å². The highest BCUT2D eigenvalue weighted by Gasteiger charge is 2.47. The molecule has 0 atom stereocenters. The Labute approximate surface area is 169 Å². The topological polar surface area (TPSA) is 44.1 Å². The minimum Gasteiger partial charge on any atom is -0.458 e. The van der Waals surface area contributed by atoms with Crippen molar-refractivity contribution in [1.82, 2.24) is 9.55 Å². The summed E-state index contributed by atoms with van der Waals surface area (Å²) in [6, 6.07) is 15.7. The molecule has 6 heteroatoms. The number of benzene rings is 3. The Bertz CT molecular complexity index is 1450. The molecule has 1 aromatic heterocycles. The van der Waals surface area contributed by atoms with Gasteiger partial charge < -0.3 is 4.74 Å². The van der Waals surface area contributed by atoms with E-state index in [-0.39, 0.29) is 12.5 Å². The van der Waals surface area contributed by atoms with Gasteiger partial charge in [-0.25, -0.2) is 4.98 Å². The molecule has 0 bridgehead atoms. The molecule has 0 spiro atoms. The van der Waals surface area contributed by atoms with Crippen LogP contribution in [0.5, 0.6) is 11.5 Å². The number of nitrogens with zero attached hydrogens (tertiary/aromatic N) is 2. The van der Waals surface area contributed by atoms with Crippen molar-refractivity contribution in [2.45, 2.75) is 19.2 Å². The molecule has 0 fully saturated rings. The molecule has 0 N–H and O–H groups in total. The minimum absolute atomic E-state index is 0.0320. The summed E-state index contributed by atoms with van der Waals surface area (Å²) < 4.78 is 8.42. The van der Waals surface area contributed by atoms with E-state index in [1.165, 1.54) is 0 Å². The standard InChI is InChI=1S/C23H14B2N2O2/c1-23(2,24)22-26-13-10-9-12-18-20(13)27(22)14-6-4-8-16-19(14)25(18)17-11(21(12)28)5-3-7-15(17)29-16/h3-10H,1-2H3. The van der Waals surface area contributed by atoms with Gasteiger partial charge in [0.15, 0.2) is 5.78 Å². The number of ether oxygens (including phenoxy) is 1. The first-order valence-electron chi connectivity index (χ1n) is 9.78. The number of fused-ring (bicyclic) bond motifs is 1. The molecule has 29 heavy (non-hydrogen) atoms. The largest absolute Gasteiger partial charge is 0.458 e. The maximum absolute atomic E-state index is 13.4. The second-order valence-corrected chi connectivity index (χ2v) is 8.66. The summed E-state index contributed by atoms with van der Waals surface area (Å²) >= 11 is 0. The zero-order valence-corrected chi connectivity index (χ0v) is 16.0. The van der Waals surface area contributed by atoms with Gasteiger partial charge in [0, 0.05) is 16.8 Å². The SMILES string of the molecule is [B]C(C)(C)c1nc2ccc3c4c2n1-c1cccc2c1B4c1c(cccc1C3=O)O2. The van der Waals surface area contributed by atoms with Crippen LogP contribution in [0.2, 0.25) is 0 Å². The van der Waals surface area contributed by atoms with Crippen LogP contribution in [-0.4, -0.2) is 29.9 Å². The number of imidazole rings is 1. The summed E-state index contributed by atoms with van der Waals surface area (Å²) in [5.74, 6) is 2.42. The molecule has 0 saturated carbocycles. The second-order valence-electron chi connectivity index (χ2n) is 8.66. The van der Waals surface area contributed by atoms with Crippen LogP contribution in [0.4, 0.5) is 0 Å². The van der Waals surface area contributed by atoms with Crippen molar-refractivity contribution in [1.29, 1.82) is 0 Å². The predicted octanol–water partition coefficient (Wildman–Crippen LogP) is 1.91. The maximum Gasteiger partial charge on any atom is 0.258 e. The second kappa shape index (κ2) is 4.65. The lowest BCUT2D eigenvalue weighted by atomic mass is 9.31. The van der Waals surface area contributed by atoms with E-state index in [0.717, 1.165) is 61.6 Å². The molecule has 3 aliphatic rings. The van der Waals surface area contributed by atoms with Gasteiger partial charge in [0.1, 0.15) is 17.3 Å². The third kappa shape index (κ3) is 1.66. The Morgan fingerprint density at radius 2 is 1.69 bits per heavy atom. The lowest BCUT2D eigenvalue weighted by Crippen LogP contribution is -2.63. The van der Waals surface area contributed by atoms with E-state index in [1.807, 2.05) is 56.3 Å². The Morgan fingerprint density at radius 3 is 2.48 bits per heavy atom. The summed E-state index contributed by atoms with van der Waals surface area (Å²) in [5, 5.41) is -0.640. The maximum atomic E-state index is 13.4. The van der Waals surface area contributed by atoms with Gasteiger partial charge in [0.05, 0.1) is 18.9 Å². The molecular formula is C23H14B2N2O2.